The molecule has 0 aromatic heterocycles. The van der Waals surface area contributed by atoms with Crippen LogP contribution in [0.3, 0.4) is 0 Å². The second kappa shape index (κ2) is 68.2. The van der Waals surface area contributed by atoms with Crippen molar-refractivity contribution in [3.8, 4) is 0 Å². The summed E-state index contributed by atoms with van der Waals surface area (Å²) in [5, 5.41) is 0. The Morgan fingerprint density at radius 3 is 0.737 bits per heavy atom. The second-order valence-corrected chi connectivity index (χ2v) is 16.5. The van der Waals surface area contributed by atoms with Crippen LogP contribution in [-0.4, -0.2) is 60.6 Å². The van der Waals surface area contributed by atoms with Gasteiger partial charge in [0.05, 0.1) is 13.2 Å². The molecule has 0 aliphatic heterocycles. The Bertz CT molecular complexity index is 607. The first kappa shape index (κ1) is 66.5. The molecule has 4 nitrogen and oxygen atoms in total. The van der Waals surface area contributed by atoms with Crippen LogP contribution in [0.15, 0.2) is 0 Å². The van der Waals surface area contributed by atoms with E-state index in [2.05, 4.69) is 41.5 Å². The number of hydrogen-bond donors (Lipinski definition) is 0. The van der Waals surface area contributed by atoms with Crippen molar-refractivity contribution in [2.75, 3.05) is 24.7 Å². The third-order valence-electron chi connectivity index (χ3n) is 9.84. The maximum Gasteiger partial charge on any atom is 2.00 e. The fraction of sp³-hybridized carbons (Fsp3) is 0.920. The Balaban J connectivity index is -0.000000212. The maximum atomic E-state index is 11.0. The van der Waals surface area contributed by atoms with Crippen molar-refractivity contribution < 1.29 is 19.1 Å². The van der Waals surface area contributed by atoms with Gasteiger partial charge in [-0.15, -0.1) is 0 Å². The zero-order chi connectivity index (χ0) is 42.3. The van der Waals surface area contributed by atoms with E-state index in [1.165, 1.54) is 205 Å². The SMILES string of the molecule is CCCCCCCCCCOC(=O)CC[S-].CCCCCCCCCCOC(=O)CC[S-].[CH2]CCCCCCCCCCC.[CH2]CCCCCCCCCCC.[Sn+2]. The van der Waals surface area contributed by atoms with Crippen molar-refractivity contribution in [2.45, 2.75) is 272 Å². The minimum Gasteiger partial charge on any atom is -0.792 e. The molecule has 0 unspecified atom stereocenters. The molecule has 0 saturated carbocycles. The first-order valence-corrected chi connectivity index (χ1v) is 25.7. The van der Waals surface area contributed by atoms with E-state index in [1.807, 2.05) is 0 Å². The molecule has 0 saturated heterocycles. The predicted molar refractivity (Wildman–Crippen MR) is 261 cm³/mol. The molecule has 7 heteroatoms. The number of ether oxygens (including phenoxy) is 2. The summed E-state index contributed by atoms with van der Waals surface area (Å²) in [5.41, 5.74) is 0. The van der Waals surface area contributed by atoms with Crippen LogP contribution in [0.2, 0.25) is 0 Å². The van der Waals surface area contributed by atoms with Crippen molar-refractivity contribution in [3.05, 3.63) is 13.8 Å². The van der Waals surface area contributed by atoms with Crippen LogP contribution in [0.25, 0.3) is 0 Å². The molecule has 0 fully saturated rings. The Morgan fingerprint density at radius 1 is 0.351 bits per heavy atom. The van der Waals surface area contributed by atoms with E-state index in [4.69, 9.17) is 34.7 Å². The average Bonchev–Trinajstić information content (AvgIpc) is 3.20. The number of unbranched alkanes of at least 4 members (excludes halogenated alkanes) is 32. The van der Waals surface area contributed by atoms with Gasteiger partial charge < -0.3 is 34.7 Å². The normalized spacial score (nSPS) is 10.2. The molecule has 0 spiro atoms. The monoisotopic (exact) mass is 949 g/mol. The fourth-order valence-corrected chi connectivity index (χ4v) is 6.46. The van der Waals surface area contributed by atoms with Crippen LogP contribution in [-0.2, 0) is 44.3 Å². The molecule has 0 amide bonds. The van der Waals surface area contributed by atoms with Gasteiger partial charge >= 0.3 is 35.8 Å². The molecule has 0 atom stereocenters. The van der Waals surface area contributed by atoms with E-state index in [1.54, 1.807) is 0 Å². The van der Waals surface area contributed by atoms with E-state index in [0.29, 0.717) is 37.6 Å². The van der Waals surface area contributed by atoms with Gasteiger partial charge in [-0.25, -0.2) is 0 Å². The van der Waals surface area contributed by atoms with Crippen LogP contribution >= 0.6 is 0 Å². The van der Waals surface area contributed by atoms with Crippen molar-refractivity contribution in [1.82, 2.24) is 0 Å². The smallest absolute Gasteiger partial charge is 0.792 e. The molecule has 340 valence electrons. The van der Waals surface area contributed by atoms with Crippen molar-refractivity contribution in [1.29, 1.82) is 0 Å². The molecular weight excluding hydrogens is 847 g/mol. The summed E-state index contributed by atoms with van der Waals surface area (Å²) >= 11 is 9.40. The molecule has 0 aromatic rings. The van der Waals surface area contributed by atoms with E-state index < -0.39 is 0 Å². The topological polar surface area (TPSA) is 52.6 Å². The van der Waals surface area contributed by atoms with Gasteiger partial charge in [-0.05, 0) is 12.8 Å². The Kier molecular flexibility index (Phi) is 79.6. The molecule has 0 aliphatic carbocycles. The summed E-state index contributed by atoms with van der Waals surface area (Å²) in [5.74, 6) is 0.655. The van der Waals surface area contributed by atoms with Gasteiger partial charge in [0, 0.05) is 12.8 Å². The third kappa shape index (κ3) is 77.6. The fourth-order valence-electron chi connectivity index (χ4n) is 6.13. The number of carbonyl (C=O) groups is 2. The molecule has 0 aliphatic rings. The van der Waals surface area contributed by atoms with E-state index in [0.717, 1.165) is 25.7 Å². The third-order valence-corrected chi connectivity index (χ3v) is 10.2. The molecule has 0 aromatic carbocycles. The molecule has 0 heterocycles. The molecule has 0 rings (SSSR count). The van der Waals surface area contributed by atoms with Crippen molar-refractivity contribution >= 4 is 61.1 Å². The van der Waals surface area contributed by atoms with Crippen LogP contribution in [0.5, 0.6) is 0 Å². The van der Waals surface area contributed by atoms with E-state index >= 15 is 0 Å². The Labute approximate surface area is 388 Å². The maximum absolute atomic E-state index is 11.0. The molecular formula is C50H100O4S2Sn. The van der Waals surface area contributed by atoms with Gasteiger partial charge in [0.15, 0.2) is 0 Å². The first-order valence-electron chi connectivity index (χ1n) is 24.5. The molecule has 0 bridgehead atoms. The van der Waals surface area contributed by atoms with E-state index in [-0.39, 0.29) is 35.8 Å². The molecule has 57 heavy (non-hydrogen) atoms. The van der Waals surface area contributed by atoms with Crippen LogP contribution in [0, 0.1) is 13.8 Å². The minimum absolute atomic E-state index is 0. The minimum atomic E-state index is -0.141. The standard InChI is InChI=1S/2C13H26O2S.2C12H25.Sn/c2*1-2-3-4-5-6-7-8-9-11-15-13(14)10-12-16;2*1-3-5-7-9-11-12-10-8-6-4-2;/h2*16H,2-12H2,1H3;2*1,3-12H2,2H3;/q;;;;+2/p-2. The van der Waals surface area contributed by atoms with Crippen LogP contribution in [0.4, 0.5) is 0 Å². The summed E-state index contributed by atoms with van der Waals surface area (Å²) < 4.78 is 10.0. The van der Waals surface area contributed by atoms with Gasteiger partial charge in [0.25, 0.3) is 0 Å². The van der Waals surface area contributed by atoms with E-state index in [9.17, 15) is 9.59 Å². The molecule has 4 radical (unpaired) electrons. The Morgan fingerprint density at radius 2 is 0.544 bits per heavy atom. The summed E-state index contributed by atoms with van der Waals surface area (Å²) in [6, 6.07) is 0. The summed E-state index contributed by atoms with van der Waals surface area (Å²) in [4.78, 5) is 21.9. The number of hydrogen-bond acceptors (Lipinski definition) is 6. The molecule has 0 N–H and O–H groups in total. The van der Waals surface area contributed by atoms with Crippen LogP contribution < -0.4 is 0 Å². The average molecular weight is 948 g/mol. The van der Waals surface area contributed by atoms with Crippen molar-refractivity contribution in [2.24, 2.45) is 0 Å². The summed E-state index contributed by atoms with van der Waals surface area (Å²) in [6.07, 6.45) is 48.8. The second-order valence-electron chi connectivity index (χ2n) is 15.7. The van der Waals surface area contributed by atoms with Gasteiger partial charge in [-0.1, -0.05) is 260 Å². The first-order chi connectivity index (χ1) is 27.4. The van der Waals surface area contributed by atoms with Crippen LogP contribution in [0.1, 0.15) is 272 Å². The van der Waals surface area contributed by atoms with Gasteiger partial charge in [0.1, 0.15) is 0 Å². The predicted octanol–water partition coefficient (Wildman–Crippen LogP) is 16.3. The van der Waals surface area contributed by atoms with Crippen molar-refractivity contribution in [3.63, 3.8) is 0 Å². The summed E-state index contributed by atoms with van der Waals surface area (Å²) in [7, 11) is 0. The zero-order valence-corrected chi connectivity index (χ0v) is 43.5. The zero-order valence-electron chi connectivity index (χ0n) is 39.1. The van der Waals surface area contributed by atoms with Gasteiger partial charge in [-0.3, -0.25) is 9.59 Å². The quantitative estimate of drug-likeness (QED) is 0.0264. The van der Waals surface area contributed by atoms with Gasteiger partial charge in [-0.2, -0.15) is 11.5 Å². The number of esters is 2. The Hall–Kier alpha value is 0.439. The summed E-state index contributed by atoms with van der Waals surface area (Å²) in [6.45, 7) is 17.8. The largest absolute Gasteiger partial charge is 2.00 e. The number of rotatable bonds is 40. The number of carbonyl (C=O) groups excluding carboxylic acids is 2. The van der Waals surface area contributed by atoms with Gasteiger partial charge in [0.2, 0.25) is 0 Å².